The van der Waals surface area contributed by atoms with Gasteiger partial charge in [0.15, 0.2) is 0 Å². The van der Waals surface area contributed by atoms with E-state index in [0.29, 0.717) is 11.8 Å². The zero-order valence-electron chi connectivity index (χ0n) is 17.1. The van der Waals surface area contributed by atoms with E-state index in [1.165, 1.54) is 17.5 Å². The lowest BCUT2D eigenvalue weighted by Crippen LogP contribution is -3.14. The fraction of sp³-hybridized carbons (Fsp3) is 0.625. The molecule has 3 aliphatic rings. The first-order valence-electron chi connectivity index (χ1n) is 11.2. The van der Waals surface area contributed by atoms with E-state index in [9.17, 15) is 4.79 Å². The Kier molecular flexibility index (Phi) is 6.81. The van der Waals surface area contributed by atoms with Crippen molar-refractivity contribution in [2.75, 3.05) is 45.9 Å². The maximum absolute atomic E-state index is 13.5. The van der Waals surface area contributed by atoms with Crippen LogP contribution in [-0.2, 0) is 22.4 Å². The highest BCUT2D eigenvalue weighted by Crippen LogP contribution is 2.28. The van der Waals surface area contributed by atoms with Gasteiger partial charge in [-0.15, -0.1) is 0 Å². The van der Waals surface area contributed by atoms with Crippen molar-refractivity contribution in [2.24, 2.45) is 11.8 Å². The molecule has 1 heterocycles. The van der Waals surface area contributed by atoms with Crippen LogP contribution >= 0.6 is 0 Å². The Morgan fingerprint density at radius 3 is 2.71 bits per heavy atom. The molecule has 4 nitrogen and oxygen atoms in total. The fourth-order valence-electron chi connectivity index (χ4n) is 5.00. The van der Waals surface area contributed by atoms with Gasteiger partial charge >= 0.3 is 0 Å². The molecule has 2 aliphatic carbocycles. The number of nitrogens with one attached hydrogen (secondary N) is 1. The van der Waals surface area contributed by atoms with Gasteiger partial charge in [-0.2, -0.15) is 0 Å². The number of carbonyl (C=O) groups is 1. The summed E-state index contributed by atoms with van der Waals surface area (Å²) in [7, 11) is 0. The Bertz CT molecular complexity index is 681. The van der Waals surface area contributed by atoms with Crippen LogP contribution in [0.1, 0.15) is 36.8 Å². The van der Waals surface area contributed by atoms with E-state index >= 15 is 0 Å². The quantitative estimate of drug-likeness (QED) is 0.762. The Morgan fingerprint density at radius 2 is 1.93 bits per heavy atom. The van der Waals surface area contributed by atoms with Crippen LogP contribution in [0.15, 0.2) is 36.4 Å². The number of benzene rings is 1. The van der Waals surface area contributed by atoms with Crippen molar-refractivity contribution in [3.05, 3.63) is 47.5 Å². The van der Waals surface area contributed by atoms with Crippen LogP contribution in [0.25, 0.3) is 0 Å². The number of rotatable bonds is 6. The summed E-state index contributed by atoms with van der Waals surface area (Å²) in [4.78, 5) is 17.3. The normalized spacial score (nSPS) is 25.3. The molecule has 1 fully saturated rings. The summed E-state index contributed by atoms with van der Waals surface area (Å²) in [5, 5.41) is 0. The molecule has 4 heteroatoms. The molecule has 0 unspecified atom stereocenters. The zero-order valence-corrected chi connectivity index (χ0v) is 17.1. The molecule has 28 heavy (non-hydrogen) atoms. The van der Waals surface area contributed by atoms with Crippen LogP contribution in [0.5, 0.6) is 0 Å². The molecule has 0 bridgehead atoms. The first-order valence-corrected chi connectivity index (χ1v) is 11.2. The molecule has 1 saturated heterocycles. The SMILES string of the molecule is O=C([C@@H]1CCc2ccccc2C1)N(CC[NH+]1CCOCC1)C[C@@H]1CC=CCC1. The van der Waals surface area contributed by atoms with Crippen LogP contribution in [-0.4, -0.2) is 56.7 Å². The van der Waals surface area contributed by atoms with E-state index in [4.69, 9.17) is 4.74 Å². The number of hydrogen-bond donors (Lipinski definition) is 1. The number of fused-ring (bicyclic) bond motifs is 1. The first-order chi connectivity index (χ1) is 13.8. The highest BCUT2D eigenvalue weighted by molar-refractivity contribution is 5.79. The summed E-state index contributed by atoms with van der Waals surface area (Å²) in [6.45, 7) is 6.75. The third-order valence-corrected chi connectivity index (χ3v) is 6.80. The Labute approximate surface area is 169 Å². The predicted octanol–water partition coefficient (Wildman–Crippen LogP) is 1.89. The van der Waals surface area contributed by atoms with Gasteiger partial charge in [0.05, 0.1) is 26.3 Å². The average Bonchev–Trinajstić information content (AvgIpc) is 2.77. The van der Waals surface area contributed by atoms with Crippen LogP contribution in [0.2, 0.25) is 0 Å². The minimum absolute atomic E-state index is 0.161. The summed E-state index contributed by atoms with van der Waals surface area (Å²) in [5.41, 5.74) is 2.82. The summed E-state index contributed by atoms with van der Waals surface area (Å²) < 4.78 is 5.49. The van der Waals surface area contributed by atoms with Crippen molar-refractivity contribution >= 4 is 5.91 Å². The molecular formula is C24H35N2O2+. The largest absolute Gasteiger partial charge is 0.370 e. The molecule has 0 spiro atoms. The topological polar surface area (TPSA) is 34.0 Å². The number of aryl methyl sites for hydroxylation is 1. The average molecular weight is 384 g/mol. The monoisotopic (exact) mass is 383 g/mol. The van der Waals surface area contributed by atoms with E-state index in [1.807, 2.05) is 0 Å². The first kappa shape index (κ1) is 19.7. The standard InChI is InChI=1S/C24H34N2O2/c27-24(23-11-10-21-8-4-5-9-22(21)18-23)26(19-20-6-2-1-3-7-20)13-12-25-14-16-28-17-15-25/h1-2,4-5,8-9,20,23H,3,6-7,10-19H2/p+1/t20-,23-/m1/s1. The summed E-state index contributed by atoms with van der Waals surface area (Å²) in [6, 6.07) is 8.67. The number of quaternary nitrogens is 1. The third-order valence-electron chi connectivity index (χ3n) is 6.80. The summed E-state index contributed by atoms with van der Waals surface area (Å²) >= 11 is 0. The molecule has 0 saturated carbocycles. The highest BCUT2D eigenvalue weighted by Gasteiger charge is 2.30. The molecule has 1 amide bonds. The zero-order chi connectivity index (χ0) is 19.2. The lowest BCUT2D eigenvalue weighted by Gasteiger charge is -2.34. The number of carbonyl (C=O) groups excluding carboxylic acids is 1. The van der Waals surface area contributed by atoms with Crippen LogP contribution in [0.4, 0.5) is 0 Å². The van der Waals surface area contributed by atoms with Gasteiger partial charge < -0.3 is 14.5 Å². The molecule has 1 N–H and O–H groups in total. The van der Waals surface area contributed by atoms with Crippen LogP contribution in [0.3, 0.4) is 0 Å². The van der Waals surface area contributed by atoms with Gasteiger partial charge in [0.25, 0.3) is 0 Å². The van der Waals surface area contributed by atoms with Crippen molar-refractivity contribution < 1.29 is 14.4 Å². The van der Waals surface area contributed by atoms with Crippen molar-refractivity contribution in [2.45, 2.75) is 38.5 Å². The van der Waals surface area contributed by atoms with Crippen LogP contribution in [0, 0.1) is 11.8 Å². The van der Waals surface area contributed by atoms with Crippen molar-refractivity contribution in [3.8, 4) is 0 Å². The molecular weight excluding hydrogens is 348 g/mol. The van der Waals surface area contributed by atoms with Crippen molar-refractivity contribution in [1.82, 2.24) is 4.90 Å². The lowest BCUT2D eigenvalue weighted by molar-refractivity contribution is -0.907. The van der Waals surface area contributed by atoms with Gasteiger partial charge in [0.2, 0.25) is 5.91 Å². The Morgan fingerprint density at radius 1 is 1.11 bits per heavy atom. The Balaban J connectivity index is 1.40. The summed E-state index contributed by atoms with van der Waals surface area (Å²) in [5.74, 6) is 1.19. The number of allylic oxidation sites excluding steroid dienone is 2. The van der Waals surface area contributed by atoms with Gasteiger partial charge in [-0.3, -0.25) is 4.79 Å². The second-order valence-corrected chi connectivity index (χ2v) is 8.76. The third kappa shape index (κ3) is 5.03. The molecule has 1 aliphatic heterocycles. The van der Waals surface area contributed by atoms with Crippen molar-refractivity contribution in [3.63, 3.8) is 0 Å². The van der Waals surface area contributed by atoms with Gasteiger partial charge in [0.1, 0.15) is 13.1 Å². The molecule has 0 aromatic heterocycles. The van der Waals surface area contributed by atoms with Crippen molar-refractivity contribution in [1.29, 1.82) is 0 Å². The molecule has 152 valence electrons. The smallest absolute Gasteiger partial charge is 0.226 e. The second kappa shape index (κ2) is 9.71. The maximum Gasteiger partial charge on any atom is 0.226 e. The van der Waals surface area contributed by atoms with E-state index in [-0.39, 0.29) is 5.92 Å². The van der Waals surface area contributed by atoms with Gasteiger partial charge in [-0.1, -0.05) is 36.4 Å². The van der Waals surface area contributed by atoms with E-state index in [0.717, 1.165) is 78.0 Å². The number of amides is 1. The number of hydrogen-bond acceptors (Lipinski definition) is 2. The maximum atomic E-state index is 13.5. The summed E-state index contributed by atoms with van der Waals surface area (Å²) in [6.07, 6.45) is 11.1. The van der Waals surface area contributed by atoms with Gasteiger partial charge in [-0.05, 0) is 55.6 Å². The second-order valence-electron chi connectivity index (χ2n) is 8.76. The van der Waals surface area contributed by atoms with E-state index in [2.05, 4.69) is 41.3 Å². The fourth-order valence-corrected chi connectivity index (χ4v) is 5.00. The molecule has 0 radical (unpaired) electrons. The van der Waals surface area contributed by atoms with E-state index in [1.54, 1.807) is 4.90 Å². The molecule has 4 rings (SSSR count). The minimum atomic E-state index is 0.161. The number of morpholine rings is 1. The molecule has 1 aromatic carbocycles. The van der Waals surface area contributed by atoms with Gasteiger partial charge in [-0.25, -0.2) is 0 Å². The van der Waals surface area contributed by atoms with Crippen LogP contribution < -0.4 is 4.90 Å². The van der Waals surface area contributed by atoms with Gasteiger partial charge in [0, 0.05) is 12.5 Å². The Hall–Kier alpha value is -1.65. The molecule has 1 aromatic rings. The number of nitrogens with zero attached hydrogens (tertiary/aromatic N) is 1. The predicted molar refractivity (Wildman–Crippen MR) is 111 cm³/mol. The van der Waals surface area contributed by atoms with E-state index < -0.39 is 0 Å². The lowest BCUT2D eigenvalue weighted by atomic mass is 9.83. The minimum Gasteiger partial charge on any atom is -0.370 e. The number of ether oxygens (including phenoxy) is 1. The highest BCUT2D eigenvalue weighted by atomic mass is 16.5. The molecule has 2 atom stereocenters.